The summed E-state index contributed by atoms with van der Waals surface area (Å²) >= 11 is 12.7. The third-order valence-corrected chi connectivity index (χ3v) is 8.01. The quantitative estimate of drug-likeness (QED) is 0.669. The molecule has 0 spiro atoms. The van der Waals surface area contributed by atoms with Gasteiger partial charge in [0.1, 0.15) is 5.54 Å². The van der Waals surface area contributed by atoms with Gasteiger partial charge < -0.3 is 9.80 Å². The summed E-state index contributed by atoms with van der Waals surface area (Å²) in [5.41, 5.74) is 2.92. The topological polar surface area (TPSA) is 26.8 Å². The van der Waals surface area contributed by atoms with Crippen molar-refractivity contribution >= 4 is 40.5 Å². The first-order valence-electron chi connectivity index (χ1n) is 10.9. The molecule has 0 N–H and O–H groups in total. The van der Waals surface area contributed by atoms with Crippen molar-refractivity contribution in [1.29, 1.82) is 0 Å². The summed E-state index contributed by atoms with van der Waals surface area (Å²) in [5.74, 6) is 0.725. The van der Waals surface area contributed by atoms with Gasteiger partial charge in [0.25, 0.3) is 0 Å². The van der Waals surface area contributed by atoms with Crippen molar-refractivity contribution in [2.24, 2.45) is 5.92 Å². The van der Waals surface area contributed by atoms with E-state index in [1.165, 1.54) is 18.5 Å². The van der Waals surface area contributed by atoms with Crippen LogP contribution in [0.5, 0.6) is 0 Å². The van der Waals surface area contributed by atoms with Crippen molar-refractivity contribution in [3.63, 3.8) is 0 Å². The SMILES string of the molecule is O=C(N1CCN(C2CC2)c2ccccc21)C12CC1CCN2Cc1cc(Cl)ccc1Cl. The third kappa shape index (κ3) is 2.88. The molecule has 0 radical (unpaired) electrons. The number of rotatable bonds is 4. The highest BCUT2D eigenvalue weighted by Crippen LogP contribution is 2.58. The average molecular weight is 442 g/mol. The Kier molecular flexibility index (Phi) is 4.35. The number of carbonyl (C=O) groups excluding carboxylic acids is 1. The number of amides is 1. The van der Waals surface area contributed by atoms with Gasteiger partial charge in [-0.25, -0.2) is 0 Å². The van der Waals surface area contributed by atoms with Crippen LogP contribution in [0, 0.1) is 5.92 Å². The Bertz CT molecular complexity index is 1020. The Hall–Kier alpha value is -1.75. The lowest BCUT2D eigenvalue weighted by Crippen LogP contribution is -2.53. The number of nitrogens with zero attached hydrogens (tertiary/aromatic N) is 3. The fourth-order valence-electron chi connectivity index (χ4n) is 5.64. The van der Waals surface area contributed by atoms with Crippen LogP contribution in [0.4, 0.5) is 11.4 Å². The molecule has 2 atom stereocenters. The molecule has 6 heteroatoms. The molecule has 2 heterocycles. The molecule has 6 rings (SSSR count). The maximum Gasteiger partial charge on any atom is 0.247 e. The lowest BCUT2D eigenvalue weighted by atomic mass is 10.1. The molecule has 3 fully saturated rings. The van der Waals surface area contributed by atoms with Crippen molar-refractivity contribution in [1.82, 2.24) is 4.90 Å². The van der Waals surface area contributed by atoms with Crippen LogP contribution < -0.4 is 9.80 Å². The third-order valence-electron chi connectivity index (χ3n) is 7.40. The van der Waals surface area contributed by atoms with Crippen LogP contribution in [-0.4, -0.2) is 42.0 Å². The summed E-state index contributed by atoms with van der Waals surface area (Å²) in [6.07, 6.45) is 4.56. The number of piperidine rings is 1. The van der Waals surface area contributed by atoms with Gasteiger partial charge in [-0.05, 0) is 74.0 Å². The highest BCUT2D eigenvalue weighted by molar-refractivity contribution is 6.33. The molecule has 4 nitrogen and oxygen atoms in total. The van der Waals surface area contributed by atoms with Crippen LogP contribution in [0.2, 0.25) is 10.0 Å². The molecule has 2 aromatic carbocycles. The lowest BCUT2D eigenvalue weighted by Gasteiger charge is -2.40. The van der Waals surface area contributed by atoms with Crippen molar-refractivity contribution in [3.05, 3.63) is 58.1 Å². The van der Waals surface area contributed by atoms with Crippen LogP contribution in [0.15, 0.2) is 42.5 Å². The molecule has 2 aromatic rings. The van der Waals surface area contributed by atoms with Crippen LogP contribution in [0.1, 0.15) is 31.2 Å². The molecule has 0 aromatic heterocycles. The second-order valence-electron chi connectivity index (χ2n) is 9.14. The summed E-state index contributed by atoms with van der Waals surface area (Å²) in [6.45, 7) is 3.30. The summed E-state index contributed by atoms with van der Waals surface area (Å²) in [7, 11) is 0. The first-order valence-corrected chi connectivity index (χ1v) is 11.7. The van der Waals surface area contributed by atoms with E-state index < -0.39 is 0 Å². The van der Waals surface area contributed by atoms with E-state index in [-0.39, 0.29) is 11.4 Å². The van der Waals surface area contributed by atoms with Gasteiger partial charge >= 0.3 is 0 Å². The molecule has 30 heavy (non-hydrogen) atoms. The van der Waals surface area contributed by atoms with E-state index in [1.807, 2.05) is 18.2 Å². The van der Waals surface area contributed by atoms with Gasteiger partial charge in [-0.2, -0.15) is 0 Å². The average Bonchev–Trinajstić information content (AvgIpc) is 3.68. The van der Waals surface area contributed by atoms with Gasteiger partial charge in [-0.1, -0.05) is 35.3 Å². The van der Waals surface area contributed by atoms with Gasteiger partial charge in [0, 0.05) is 35.7 Å². The summed E-state index contributed by atoms with van der Waals surface area (Å²) in [6, 6.07) is 14.7. The smallest absolute Gasteiger partial charge is 0.247 e. The van der Waals surface area contributed by atoms with Gasteiger partial charge in [-0.15, -0.1) is 0 Å². The van der Waals surface area contributed by atoms with E-state index in [0.29, 0.717) is 23.5 Å². The predicted molar refractivity (Wildman–Crippen MR) is 121 cm³/mol. The van der Waals surface area contributed by atoms with Crippen LogP contribution in [0.3, 0.4) is 0 Å². The number of para-hydroxylation sites is 2. The maximum atomic E-state index is 14.0. The Morgan fingerprint density at radius 3 is 2.57 bits per heavy atom. The van der Waals surface area contributed by atoms with Crippen molar-refractivity contribution < 1.29 is 4.79 Å². The largest absolute Gasteiger partial charge is 0.365 e. The number of benzene rings is 2. The minimum Gasteiger partial charge on any atom is -0.365 e. The standard InChI is InChI=1S/C24H25Cl2N3O/c25-18-5-8-20(26)16(13-18)15-27-10-9-17-14-24(17,27)23(30)29-12-11-28(19-6-7-19)21-3-1-2-4-22(21)29/h1-5,8,13,17,19H,6-7,9-12,14-15H2. The molecule has 2 saturated carbocycles. The Morgan fingerprint density at radius 1 is 1.00 bits per heavy atom. The van der Waals surface area contributed by atoms with Crippen LogP contribution in [-0.2, 0) is 11.3 Å². The summed E-state index contributed by atoms with van der Waals surface area (Å²) in [5, 5.41) is 1.40. The van der Waals surface area contributed by atoms with Crippen LogP contribution in [0.25, 0.3) is 0 Å². The molecule has 2 aliphatic carbocycles. The van der Waals surface area contributed by atoms with Crippen molar-refractivity contribution in [2.75, 3.05) is 29.4 Å². The van der Waals surface area contributed by atoms with Crippen molar-refractivity contribution in [2.45, 2.75) is 43.8 Å². The van der Waals surface area contributed by atoms with Crippen molar-refractivity contribution in [3.8, 4) is 0 Å². The zero-order valence-corrected chi connectivity index (χ0v) is 18.4. The number of fused-ring (bicyclic) bond motifs is 2. The number of carbonyl (C=O) groups is 1. The molecular weight excluding hydrogens is 417 g/mol. The van der Waals surface area contributed by atoms with Gasteiger partial charge in [0.15, 0.2) is 0 Å². The fourth-order valence-corrected chi connectivity index (χ4v) is 6.01. The Labute approximate surface area is 187 Å². The molecular formula is C24H25Cl2N3O. The molecule has 4 aliphatic rings. The minimum atomic E-state index is -0.374. The van der Waals surface area contributed by atoms with E-state index in [1.54, 1.807) is 0 Å². The molecule has 156 valence electrons. The number of hydrogen-bond acceptors (Lipinski definition) is 3. The number of halogens is 2. The molecule has 1 amide bonds. The summed E-state index contributed by atoms with van der Waals surface area (Å²) < 4.78 is 0. The lowest BCUT2D eigenvalue weighted by molar-refractivity contribution is -0.125. The van der Waals surface area contributed by atoms with Gasteiger partial charge in [0.2, 0.25) is 5.91 Å². The van der Waals surface area contributed by atoms with Crippen LogP contribution >= 0.6 is 23.2 Å². The van der Waals surface area contributed by atoms with E-state index in [4.69, 9.17) is 23.2 Å². The first kappa shape index (κ1) is 19.0. The Balaban J connectivity index is 1.30. The molecule has 1 saturated heterocycles. The minimum absolute atomic E-state index is 0.269. The first-order chi connectivity index (χ1) is 14.6. The zero-order chi connectivity index (χ0) is 20.5. The second kappa shape index (κ2) is 6.88. The van der Waals surface area contributed by atoms with E-state index >= 15 is 0 Å². The highest BCUT2D eigenvalue weighted by Gasteiger charge is 2.68. The molecule has 2 aliphatic heterocycles. The monoisotopic (exact) mass is 441 g/mol. The number of likely N-dealkylation sites (tertiary alicyclic amines) is 1. The molecule has 0 bridgehead atoms. The Morgan fingerprint density at radius 2 is 1.80 bits per heavy atom. The zero-order valence-electron chi connectivity index (χ0n) is 16.9. The normalized spacial score (nSPS) is 27.7. The fraction of sp³-hybridized carbons (Fsp3) is 0.458. The summed E-state index contributed by atoms with van der Waals surface area (Å²) in [4.78, 5) is 20.9. The van der Waals surface area contributed by atoms with E-state index in [9.17, 15) is 4.79 Å². The highest BCUT2D eigenvalue weighted by atomic mass is 35.5. The number of hydrogen-bond donors (Lipinski definition) is 0. The van der Waals surface area contributed by atoms with E-state index in [0.717, 1.165) is 48.7 Å². The molecule has 2 unspecified atom stereocenters. The van der Waals surface area contributed by atoms with Gasteiger partial charge in [0.05, 0.1) is 11.4 Å². The number of anilines is 2. The van der Waals surface area contributed by atoms with Gasteiger partial charge in [-0.3, -0.25) is 9.69 Å². The predicted octanol–water partition coefficient (Wildman–Crippen LogP) is 4.97. The maximum absolute atomic E-state index is 14.0. The van der Waals surface area contributed by atoms with E-state index in [2.05, 4.69) is 39.0 Å². The second-order valence-corrected chi connectivity index (χ2v) is 9.98.